The summed E-state index contributed by atoms with van der Waals surface area (Å²) in [6.45, 7) is 6.67. The van der Waals surface area contributed by atoms with Gasteiger partial charge in [-0.1, -0.05) is 11.6 Å². The Balaban J connectivity index is 1.93. The molecule has 0 aromatic heterocycles. The van der Waals surface area contributed by atoms with Gasteiger partial charge >= 0.3 is 0 Å². The van der Waals surface area contributed by atoms with Gasteiger partial charge in [0.15, 0.2) is 5.78 Å². The number of benzene rings is 1. The summed E-state index contributed by atoms with van der Waals surface area (Å²) in [7, 11) is 0. The van der Waals surface area contributed by atoms with Crippen LogP contribution in [0, 0.1) is 5.92 Å². The van der Waals surface area contributed by atoms with Crippen molar-refractivity contribution in [1.29, 1.82) is 0 Å². The van der Waals surface area contributed by atoms with Crippen molar-refractivity contribution in [3.63, 3.8) is 0 Å². The van der Waals surface area contributed by atoms with Crippen LogP contribution in [0.25, 0.3) is 0 Å². The van der Waals surface area contributed by atoms with Crippen molar-refractivity contribution in [2.75, 3.05) is 13.1 Å². The maximum absolute atomic E-state index is 12.2. The molecule has 0 aliphatic carbocycles. The van der Waals surface area contributed by atoms with Gasteiger partial charge in [0.05, 0.1) is 0 Å². The van der Waals surface area contributed by atoms with Gasteiger partial charge in [-0.15, -0.1) is 0 Å². The fourth-order valence-corrected chi connectivity index (χ4v) is 2.87. The van der Waals surface area contributed by atoms with Crippen LogP contribution in [0.4, 0.5) is 0 Å². The minimum absolute atomic E-state index is 0.243. The van der Waals surface area contributed by atoms with E-state index >= 15 is 0 Å². The van der Waals surface area contributed by atoms with Crippen molar-refractivity contribution in [1.82, 2.24) is 4.90 Å². The van der Waals surface area contributed by atoms with E-state index < -0.39 is 0 Å². The second-order valence-electron chi connectivity index (χ2n) is 5.73. The van der Waals surface area contributed by atoms with Crippen molar-refractivity contribution in [2.45, 2.75) is 39.2 Å². The minimum atomic E-state index is 0.243. The minimum Gasteiger partial charge on any atom is -0.301 e. The molecule has 3 heteroatoms. The van der Waals surface area contributed by atoms with Crippen LogP contribution < -0.4 is 0 Å². The second-order valence-corrected chi connectivity index (χ2v) is 6.17. The number of hydrogen-bond donors (Lipinski definition) is 0. The molecule has 2 rings (SSSR count). The summed E-state index contributed by atoms with van der Waals surface area (Å²) >= 11 is 5.84. The Morgan fingerprint density at radius 2 is 2.05 bits per heavy atom. The monoisotopic (exact) mass is 279 g/mol. The summed E-state index contributed by atoms with van der Waals surface area (Å²) in [5, 5.41) is 0.681. The van der Waals surface area contributed by atoms with E-state index in [0.29, 0.717) is 23.4 Å². The fraction of sp³-hybridized carbons (Fsp3) is 0.562. The summed E-state index contributed by atoms with van der Waals surface area (Å²) in [6, 6.07) is 7.81. The molecule has 1 aromatic carbocycles. The Kier molecular flexibility index (Phi) is 5.00. The Morgan fingerprint density at radius 3 is 2.68 bits per heavy atom. The Labute approximate surface area is 120 Å². The molecule has 0 unspecified atom stereocenters. The molecule has 0 amide bonds. The van der Waals surface area contributed by atoms with Gasteiger partial charge in [-0.3, -0.25) is 4.79 Å². The number of piperidine rings is 1. The molecule has 0 radical (unpaired) electrons. The average molecular weight is 280 g/mol. The topological polar surface area (TPSA) is 20.3 Å². The van der Waals surface area contributed by atoms with Crippen LogP contribution in [-0.4, -0.2) is 29.8 Å². The number of carbonyl (C=O) groups is 1. The Hall–Kier alpha value is -0.860. The molecule has 0 saturated carbocycles. The Bertz CT molecular complexity index is 427. The lowest BCUT2D eigenvalue weighted by Crippen LogP contribution is -2.40. The van der Waals surface area contributed by atoms with Gasteiger partial charge in [-0.25, -0.2) is 0 Å². The Morgan fingerprint density at radius 1 is 1.37 bits per heavy atom. The van der Waals surface area contributed by atoms with E-state index in [0.717, 1.165) is 12.1 Å². The van der Waals surface area contributed by atoms with Gasteiger partial charge in [0.1, 0.15) is 0 Å². The quantitative estimate of drug-likeness (QED) is 0.776. The van der Waals surface area contributed by atoms with E-state index in [2.05, 4.69) is 18.7 Å². The average Bonchev–Trinajstić information content (AvgIpc) is 2.39. The number of ketones is 1. The summed E-state index contributed by atoms with van der Waals surface area (Å²) in [6.07, 6.45) is 3.03. The molecule has 1 aromatic rings. The summed E-state index contributed by atoms with van der Waals surface area (Å²) in [5.41, 5.74) is 0.783. The maximum Gasteiger partial charge on any atom is 0.163 e. The third-order valence-corrected chi connectivity index (χ3v) is 4.17. The first kappa shape index (κ1) is 14.5. The van der Waals surface area contributed by atoms with Crippen LogP contribution in [0.2, 0.25) is 5.02 Å². The largest absolute Gasteiger partial charge is 0.301 e. The zero-order valence-corrected chi connectivity index (χ0v) is 12.5. The van der Waals surface area contributed by atoms with Crippen LogP contribution in [0.3, 0.4) is 0 Å². The molecule has 0 N–H and O–H groups in total. The fourth-order valence-electron chi connectivity index (χ4n) is 2.75. The predicted molar refractivity (Wildman–Crippen MR) is 79.8 cm³/mol. The number of hydrogen-bond acceptors (Lipinski definition) is 2. The van der Waals surface area contributed by atoms with E-state index in [1.54, 1.807) is 12.1 Å². The number of carbonyl (C=O) groups excluding carboxylic acids is 1. The maximum atomic E-state index is 12.2. The lowest BCUT2D eigenvalue weighted by molar-refractivity contribution is 0.0890. The molecule has 1 fully saturated rings. The molecule has 2 nitrogen and oxygen atoms in total. The standard InChI is InChI=1S/C16H22ClNO/c1-12(2)18-9-3-4-13(11-18)10-16(19)14-5-7-15(17)8-6-14/h5-8,12-13H,3-4,9-11H2,1-2H3/t13-/m0/s1. The zero-order valence-electron chi connectivity index (χ0n) is 11.7. The summed E-state index contributed by atoms with van der Waals surface area (Å²) in [5.74, 6) is 0.742. The van der Waals surface area contributed by atoms with Crippen molar-refractivity contribution < 1.29 is 4.79 Å². The molecule has 1 atom stereocenters. The molecular weight excluding hydrogens is 258 g/mol. The molecule has 1 aliphatic heterocycles. The second kappa shape index (κ2) is 6.53. The first-order valence-electron chi connectivity index (χ1n) is 7.09. The van der Waals surface area contributed by atoms with Gasteiger partial charge in [0.25, 0.3) is 0 Å². The van der Waals surface area contributed by atoms with Crippen LogP contribution in [0.15, 0.2) is 24.3 Å². The van der Waals surface area contributed by atoms with Crippen LogP contribution in [0.5, 0.6) is 0 Å². The number of Topliss-reactive ketones (excluding diaryl/α,β-unsaturated/α-hetero) is 1. The molecular formula is C16H22ClNO. The third-order valence-electron chi connectivity index (χ3n) is 3.92. The SMILES string of the molecule is CC(C)N1CCC[C@@H](CC(=O)c2ccc(Cl)cc2)C1. The molecule has 1 saturated heterocycles. The first-order valence-corrected chi connectivity index (χ1v) is 7.47. The van der Waals surface area contributed by atoms with Crippen LogP contribution >= 0.6 is 11.6 Å². The highest BCUT2D eigenvalue weighted by Gasteiger charge is 2.23. The predicted octanol–water partition coefficient (Wildman–Crippen LogP) is 4.03. The zero-order chi connectivity index (χ0) is 13.8. The van der Waals surface area contributed by atoms with Gasteiger partial charge < -0.3 is 4.90 Å². The highest BCUT2D eigenvalue weighted by Crippen LogP contribution is 2.23. The lowest BCUT2D eigenvalue weighted by Gasteiger charge is -2.35. The summed E-state index contributed by atoms with van der Waals surface area (Å²) < 4.78 is 0. The van der Waals surface area contributed by atoms with Crippen molar-refractivity contribution >= 4 is 17.4 Å². The highest BCUT2D eigenvalue weighted by atomic mass is 35.5. The van der Waals surface area contributed by atoms with E-state index in [4.69, 9.17) is 11.6 Å². The number of rotatable bonds is 4. The van der Waals surface area contributed by atoms with E-state index in [9.17, 15) is 4.79 Å². The van der Waals surface area contributed by atoms with E-state index in [-0.39, 0.29) is 5.78 Å². The van der Waals surface area contributed by atoms with Crippen molar-refractivity contribution in [2.24, 2.45) is 5.92 Å². The molecule has 0 bridgehead atoms. The molecule has 1 heterocycles. The van der Waals surface area contributed by atoms with Crippen LogP contribution in [0.1, 0.15) is 43.5 Å². The normalized spacial score (nSPS) is 20.7. The first-order chi connectivity index (χ1) is 9.06. The number of likely N-dealkylation sites (tertiary alicyclic amines) is 1. The van der Waals surface area contributed by atoms with Gasteiger partial charge in [0.2, 0.25) is 0 Å². The van der Waals surface area contributed by atoms with Crippen LogP contribution in [-0.2, 0) is 0 Å². The molecule has 104 valence electrons. The number of nitrogens with zero attached hydrogens (tertiary/aromatic N) is 1. The van der Waals surface area contributed by atoms with Gasteiger partial charge in [-0.2, -0.15) is 0 Å². The van der Waals surface area contributed by atoms with Gasteiger partial charge in [0, 0.05) is 29.6 Å². The smallest absolute Gasteiger partial charge is 0.163 e. The number of halogens is 1. The van der Waals surface area contributed by atoms with E-state index in [1.807, 2.05) is 12.1 Å². The van der Waals surface area contributed by atoms with Gasteiger partial charge in [-0.05, 0) is 63.4 Å². The highest BCUT2D eigenvalue weighted by molar-refractivity contribution is 6.30. The summed E-state index contributed by atoms with van der Waals surface area (Å²) in [4.78, 5) is 14.7. The third kappa shape index (κ3) is 4.05. The van der Waals surface area contributed by atoms with Crippen molar-refractivity contribution in [3.8, 4) is 0 Å². The molecule has 19 heavy (non-hydrogen) atoms. The lowest BCUT2D eigenvalue weighted by atomic mass is 9.90. The molecule has 1 aliphatic rings. The van der Waals surface area contributed by atoms with E-state index in [1.165, 1.54) is 19.4 Å². The molecule has 0 spiro atoms. The van der Waals surface area contributed by atoms with Crippen molar-refractivity contribution in [3.05, 3.63) is 34.9 Å².